The van der Waals surface area contributed by atoms with E-state index in [0.29, 0.717) is 6.61 Å². The van der Waals surface area contributed by atoms with Crippen molar-refractivity contribution in [2.45, 2.75) is 122 Å². The highest BCUT2D eigenvalue weighted by atomic mass is 16.5. The third kappa shape index (κ3) is 17.9. The van der Waals surface area contributed by atoms with Crippen LogP contribution in [-0.2, 0) is 0 Å². The first-order chi connectivity index (χ1) is 23.6. The zero-order chi connectivity index (χ0) is 33.9. The van der Waals surface area contributed by atoms with E-state index in [9.17, 15) is 4.79 Å². The standard InChI is InChI=1S/C41H58N2O5/c1-2-3-4-5-6-7-8-11-14-18-33-47-39-28-22-36(23-29-39)42-43-37-24-30-40(31-25-37)48-34-19-16-13-10-9-12-15-17-32-46-38-26-20-35(21-27-38)41(44)45/h20-31H,2-19,32-34H2,1H3,(H,44,45). The van der Waals surface area contributed by atoms with Crippen LogP contribution in [0.1, 0.15) is 133 Å². The summed E-state index contributed by atoms with van der Waals surface area (Å²) in [5, 5.41) is 17.7. The van der Waals surface area contributed by atoms with Gasteiger partial charge in [-0.05, 0) is 92.1 Å². The summed E-state index contributed by atoms with van der Waals surface area (Å²) >= 11 is 0. The maximum atomic E-state index is 10.9. The monoisotopic (exact) mass is 658 g/mol. The van der Waals surface area contributed by atoms with Crippen LogP contribution in [0, 0.1) is 0 Å². The molecule has 0 saturated heterocycles. The minimum atomic E-state index is -0.919. The van der Waals surface area contributed by atoms with Crippen molar-refractivity contribution in [1.82, 2.24) is 0 Å². The molecule has 0 aliphatic carbocycles. The van der Waals surface area contributed by atoms with E-state index in [0.717, 1.165) is 67.5 Å². The second-order valence-electron chi connectivity index (χ2n) is 12.6. The van der Waals surface area contributed by atoms with Gasteiger partial charge in [-0.15, -0.1) is 0 Å². The fourth-order valence-corrected chi connectivity index (χ4v) is 5.45. The number of carbonyl (C=O) groups is 1. The van der Waals surface area contributed by atoms with Gasteiger partial charge in [0.1, 0.15) is 17.2 Å². The van der Waals surface area contributed by atoms with Crippen molar-refractivity contribution in [2.75, 3.05) is 19.8 Å². The first kappa shape index (κ1) is 38.6. The zero-order valence-corrected chi connectivity index (χ0v) is 29.3. The number of carboxylic acids is 1. The molecule has 7 nitrogen and oxygen atoms in total. The van der Waals surface area contributed by atoms with Gasteiger partial charge in [0.2, 0.25) is 0 Å². The van der Waals surface area contributed by atoms with E-state index in [2.05, 4.69) is 17.2 Å². The molecule has 3 aromatic carbocycles. The van der Waals surface area contributed by atoms with Crippen molar-refractivity contribution in [3.63, 3.8) is 0 Å². The second kappa shape index (κ2) is 25.2. The number of azo groups is 1. The van der Waals surface area contributed by atoms with E-state index in [1.54, 1.807) is 24.3 Å². The van der Waals surface area contributed by atoms with Crippen LogP contribution in [0.3, 0.4) is 0 Å². The average molecular weight is 659 g/mol. The van der Waals surface area contributed by atoms with Gasteiger partial charge in [0.25, 0.3) is 0 Å². The number of ether oxygens (including phenoxy) is 3. The minimum absolute atomic E-state index is 0.278. The van der Waals surface area contributed by atoms with Crippen molar-refractivity contribution >= 4 is 17.3 Å². The van der Waals surface area contributed by atoms with E-state index in [1.807, 2.05) is 48.5 Å². The third-order valence-electron chi connectivity index (χ3n) is 8.40. The molecule has 0 aliphatic rings. The van der Waals surface area contributed by atoms with Gasteiger partial charge in [-0.25, -0.2) is 4.79 Å². The van der Waals surface area contributed by atoms with Crippen LogP contribution < -0.4 is 14.2 Å². The van der Waals surface area contributed by atoms with Crippen LogP contribution in [-0.4, -0.2) is 30.9 Å². The number of unbranched alkanes of at least 4 members (excludes halogenated alkanes) is 16. The number of nitrogens with zero attached hydrogens (tertiary/aromatic N) is 2. The lowest BCUT2D eigenvalue weighted by Gasteiger charge is -2.07. The highest BCUT2D eigenvalue weighted by Crippen LogP contribution is 2.24. The van der Waals surface area contributed by atoms with Crippen molar-refractivity contribution in [1.29, 1.82) is 0 Å². The highest BCUT2D eigenvalue weighted by molar-refractivity contribution is 5.87. The van der Waals surface area contributed by atoms with Gasteiger partial charge in [-0.2, -0.15) is 10.2 Å². The van der Waals surface area contributed by atoms with Gasteiger partial charge in [-0.3, -0.25) is 0 Å². The predicted molar refractivity (Wildman–Crippen MR) is 196 cm³/mol. The zero-order valence-electron chi connectivity index (χ0n) is 29.3. The molecule has 0 aromatic heterocycles. The van der Waals surface area contributed by atoms with Gasteiger partial charge in [-0.1, -0.05) is 103 Å². The van der Waals surface area contributed by atoms with Gasteiger partial charge < -0.3 is 19.3 Å². The van der Waals surface area contributed by atoms with E-state index in [-0.39, 0.29) is 5.56 Å². The van der Waals surface area contributed by atoms with Crippen molar-refractivity contribution in [2.24, 2.45) is 10.2 Å². The van der Waals surface area contributed by atoms with Gasteiger partial charge in [0.05, 0.1) is 36.8 Å². The SMILES string of the molecule is CCCCCCCCCCCCOc1ccc(N=Nc2ccc(OCCCCCCCCCCOc3ccc(C(=O)O)cc3)cc2)cc1. The maximum absolute atomic E-state index is 10.9. The Morgan fingerprint density at radius 1 is 0.458 bits per heavy atom. The number of hydrogen-bond donors (Lipinski definition) is 1. The number of carboxylic acid groups (broad SMARTS) is 1. The molecule has 7 heteroatoms. The second-order valence-corrected chi connectivity index (χ2v) is 12.6. The van der Waals surface area contributed by atoms with Crippen molar-refractivity contribution < 1.29 is 24.1 Å². The summed E-state index contributed by atoms with van der Waals surface area (Å²) in [7, 11) is 0. The van der Waals surface area contributed by atoms with Crippen LogP contribution in [0.2, 0.25) is 0 Å². The smallest absolute Gasteiger partial charge is 0.335 e. The van der Waals surface area contributed by atoms with Crippen LogP contribution >= 0.6 is 0 Å². The minimum Gasteiger partial charge on any atom is -0.494 e. The van der Waals surface area contributed by atoms with Crippen molar-refractivity contribution in [3.8, 4) is 17.2 Å². The fraction of sp³-hybridized carbons (Fsp3) is 0.537. The molecule has 3 rings (SSSR count). The van der Waals surface area contributed by atoms with E-state index >= 15 is 0 Å². The first-order valence-electron chi connectivity index (χ1n) is 18.5. The lowest BCUT2D eigenvalue weighted by atomic mass is 10.1. The Labute approximate surface area is 289 Å². The summed E-state index contributed by atoms with van der Waals surface area (Å²) in [5.74, 6) is 1.55. The molecule has 3 aromatic rings. The van der Waals surface area contributed by atoms with Gasteiger partial charge >= 0.3 is 5.97 Å². The predicted octanol–water partition coefficient (Wildman–Crippen LogP) is 12.7. The summed E-state index contributed by atoms with van der Waals surface area (Å²) in [6.45, 7) is 4.42. The number of aromatic carboxylic acids is 1. The lowest BCUT2D eigenvalue weighted by molar-refractivity contribution is 0.0697. The average Bonchev–Trinajstić information content (AvgIpc) is 3.11. The largest absolute Gasteiger partial charge is 0.494 e. The summed E-state index contributed by atoms with van der Waals surface area (Å²) < 4.78 is 17.5. The number of hydrogen-bond acceptors (Lipinski definition) is 6. The third-order valence-corrected chi connectivity index (χ3v) is 8.40. The first-order valence-corrected chi connectivity index (χ1v) is 18.5. The van der Waals surface area contributed by atoms with Crippen LogP contribution in [0.25, 0.3) is 0 Å². The molecule has 0 heterocycles. The molecule has 0 bridgehead atoms. The molecule has 0 saturated carbocycles. The molecular weight excluding hydrogens is 600 g/mol. The molecule has 0 radical (unpaired) electrons. The van der Waals surface area contributed by atoms with Gasteiger partial charge in [0.15, 0.2) is 0 Å². The molecule has 262 valence electrons. The molecule has 0 atom stereocenters. The molecule has 48 heavy (non-hydrogen) atoms. The van der Waals surface area contributed by atoms with Crippen LogP contribution in [0.5, 0.6) is 17.2 Å². The van der Waals surface area contributed by atoms with Crippen LogP contribution in [0.4, 0.5) is 11.4 Å². The topological polar surface area (TPSA) is 89.7 Å². The molecule has 0 unspecified atom stereocenters. The summed E-state index contributed by atoms with van der Waals surface area (Å²) in [6, 6.07) is 22.2. The maximum Gasteiger partial charge on any atom is 0.335 e. The number of rotatable bonds is 28. The molecular formula is C41H58N2O5. The van der Waals surface area contributed by atoms with E-state index in [1.165, 1.54) is 89.9 Å². The molecule has 1 N–H and O–H groups in total. The molecule has 0 amide bonds. The van der Waals surface area contributed by atoms with Gasteiger partial charge in [0, 0.05) is 0 Å². The summed E-state index contributed by atoms with van der Waals surface area (Å²) in [4.78, 5) is 10.9. The Bertz CT molecular complexity index is 1260. The highest BCUT2D eigenvalue weighted by Gasteiger charge is 2.03. The Kier molecular flexibility index (Phi) is 20.2. The fourth-order valence-electron chi connectivity index (χ4n) is 5.45. The Morgan fingerprint density at radius 3 is 1.06 bits per heavy atom. The normalized spacial score (nSPS) is 11.2. The summed E-state index contributed by atoms with van der Waals surface area (Å²) in [6.07, 6.45) is 22.6. The Hall–Kier alpha value is -3.87. The summed E-state index contributed by atoms with van der Waals surface area (Å²) in [5.41, 5.74) is 1.88. The Balaban J connectivity index is 1.14. The molecule has 0 fully saturated rings. The van der Waals surface area contributed by atoms with E-state index in [4.69, 9.17) is 19.3 Å². The van der Waals surface area contributed by atoms with Crippen LogP contribution in [0.15, 0.2) is 83.0 Å². The van der Waals surface area contributed by atoms with Crippen molar-refractivity contribution in [3.05, 3.63) is 78.4 Å². The quantitative estimate of drug-likeness (QED) is 0.0619. The van der Waals surface area contributed by atoms with E-state index < -0.39 is 5.97 Å². The number of benzene rings is 3. The Morgan fingerprint density at radius 2 is 0.750 bits per heavy atom. The molecule has 0 spiro atoms. The molecule has 0 aliphatic heterocycles. The lowest BCUT2D eigenvalue weighted by Crippen LogP contribution is -1.99.